The molecule has 0 radical (unpaired) electrons. The number of H-pyrrole nitrogens is 1. The van der Waals surface area contributed by atoms with E-state index in [0.29, 0.717) is 0 Å². The maximum absolute atomic E-state index is 12.7. The second kappa shape index (κ2) is 9.34. The predicted octanol–water partition coefficient (Wildman–Crippen LogP) is 4.44. The number of hydrogen-bond acceptors (Lipinski definition) is 3. The molecule has 0 unspecified atom stereocenters. The first-order valence-corrected chi connectivity index (χ1v) is 10.1. The van der Waals surface area contributed by atoms with E-state index in [9.17, 15) is 4.79 Å². The van der Waals surface area contributed by atoms with E-state index in [4.69, 9.17) is 0 Å². The average molecular weight is 386 g/mol. The van der Waals surface area contributed by atoms with Gasteiger partial charge in [-0.1, -0.05) is 54.6 Å². The summed E-state index contributed by atoms with van der Waals surface area (Å²) in [6.07, 6.45) is 7.88. The zero-order valence-electron chi connectivity index (χ0n) is 16.4. The molecule has 2 heterocycles. The zero-order valence-corrected chi connectivity index (χ0v) is 16.4. The molecule has 3 aromatic rings. The molecule has 2 N–H and O–H groups in total. The van der Waals surface area contributed by atoms with Crippen molar-refractivity contribution in [2.45, 2.75) is 12.8 Å². The van der Waals surface area contributed by atoms with E-state index < -0.39 is 0 Å². The lowest BCUT2D eigenvalue weighted by atomic mass is 9.95. The maximum atomic E-state index is 12.7. The zero-order chi connectivity index (χ0) is 19.9. The number of benzene rings is 2. The molecule has 1 aromatic heterocycles. The lowest BCUT2D eigenvalue weighted by molar-refractivity contribution is -0.121. The van der Waals surface area contributed by atoms with Crippen molar-refractivity contribution in [2.24, 2.45) is 5.92 Å². The molecule has 5 nitrogen and oxygen atoms in total. The number of rotatable bonds is 6. The quantitative estimate of drug-likeness (QED) is 0.658. The van der Waals surface area contributed by atoms with Crippen molar-refractivity contribution in [1.29, 1.82) is 0 Å². The Balaban J connectivity index is 1.26. The number of hydrogen-bond donors (Lipinski definition) is 2. The van der Waals surface area contributed by atoms with Crippen molar-refractivity contribution in [1.82, 2.24) is 15.1 Å². The van der Waals surface area contributed by atoms with E-state index in [-0.39, 0.29) is 11.8 Å². The predicted molar refractivity (Wildman–Crippen MR) is 117 cm³/mol. The highest BCUT2D eigenvalue weighted by molar-refractivity contribution is 5.93. The van der Waals surface area contributed by atoms with Gasteiger partial charge >= 0.3 is 0 Å². The highest BCUT2D eigenvalue weighted by Crippen LogP contribution is 2.23. The molecule has 0 atom stereocenters. The second-order valence-corrected chi connectivity index (χ2v) is 7.43. The van der Waals surface area contributed by atoms with Crippen molar-refractivity contribution in [3.05, 3.63) is 78.5 Å². The first-order valence-electron chi connectivity index (χ1n) is 10.1. The first kappa shape index (κ1) is 19.2. The van der Waals surface area contributed by atoms with Gasteiger partial charge in [0, 0.05) is 29.9 Å². The number of aromatic nitrogens is 2. The Bertz CT molecular complexity index is 942. The van der Waals surface area contributed by atoms with Gasteiger partial charge in [0.25, 0.3) is 0 Å². The highest BCUT2D eigenvalue weighted by Gasteiger charge is 2.24. The van der Waals surface area contributed by atoms with E-state index in [1.165, 1.54) is 5.56 Å². The molecule has 5 heteroatoms. The molecule has 0 aliphatic carbocycles. The van der Waals surface area contributed by atoms with Crippen LogP contribution in [0.25, 0.3) is 17.3 Å². The summed E-state index contributed by atoms with van der Waals surface area (Å²) in [5.74, 6) is 0.186. The van der Waals surface area contributed by atoms with E-state index in [0.717, 1.165) is 49.4 Å². The molecule has 0 bridgehead atoms. The smallest absolute Gasteiger partial charge is 0.227 e. The van der Waals surface area contributed by atoms with Gasteiger partial charge in [0.05, 0.1) is 5.69 Å². The van der Waals surface area contributed by atoms with Crippen LogP contribution in [0.3, 0.4) is 0 Å². The monoisotopic (exact) mass is 386 g/mol. The van der Waals surface area contributed by atoms with Gasteiger partial charge < -0.3 is 5.32 Å². The number of piperidine rings is 1. The van der Waals surface area contributed by atoms with E-state index in [2.05, 4.69) is 56.8 Å². The lowest BCUT2D eigenvalue weighted by Crippen LogP contribution is -2.38. The molecule has 4 rings (SSSR count). The SMILES string of the molecule is O=C(Nc1cccc(-c2ccn[nH]2)c1)C1CCN(C/C=C/c2ccccc2)CC1. The van der Waals surface area contributed by atoms with Crippen LogP contribution in [0.5, 0.6) is 0 Å². The molecular weight excluding hydrogens is 360 g/mol. The Morgan fingerprint density at radius 3 is 2.69 bits per heavy atom. The Hall–Kier alpha value is -3.18. The van der Waals surface area contributed by atoms with Crippen LogP contribution < -0.4 is 5.32 Å². The van der Waals surface area contributed by atoms with Crippen LogP contribution in [0.1, 0.15) is 18.4 Å². The van der Waals surface area contributed by atoms with Crippen LogP contribution in [-0.4, -0.2) is 40.6 Å². The summed E-state index contributed by atoms with van der Waals surface area (Å²) in [7, 11) is 0. The number of amides is 1. The minimum Gasteiger partial charge on any atom is -0.326 e. The molecule has 148 valence electrons. The fourth-order valence-corrected chi connectivity index (χ4v) is 3.71. The molecule has 1 amide bonds. The Morgan fingerprint density at radius 2 is 1.93 bits per heavy atom. The Labute approximate surface area is 171 Å². The number of nitrogens with one attached hydrogen (secondary N) is 2. The minimum absolute atomic E-state index is 0.0696. The molecule has 2 aromatic carbocycles. The van der Waals surface area contributed by atoms with Gasteiger partial charge in [-0.2, -0.15) is 5.10 Å². The summed E-state index contributed by atoms with van der Waals surface area (Å²) < 4.78 is 0. The molecule has 1 aliphatic heterocycles. The third-order valence-electron chi connectivity index (χ3n) is 5.37. The van der Waals surface area contributed by atoms with E-state index in [1.807, 2.05) is 36.4 Å². The summed E-state index contributed by atoms with van der Waals surface area (Å²) in [5, 5.41) is 10.0. The van der Waals surface area contributed by atoms with Gasteiger partial charge in [0.1, 0.15) is 0 Å². The molecule has 0 saturated carbocycles. The van der Waals surface area contributed by atoms with Gasteiger partial charge in [0.2, 0.25) is 5.91 Å². The summed E-state index contributed by atoms with van der Waals surface area (Å²) in [6.45, 7) is 2.83. The number of nitrogens with zero attached hydrogens (tertiary/aromatic N) is 2. The van der Waals surface area contributed by atoms with E-state index >= 15 is 0 Å². The number of aromatic amines is 1. The Kier molecular flexibility index (Phi) is 6.17. The molecular formula is C24H26N4O. The third kappa shape index (κ3) is 5.21. The van der Waals surface area contributed by atoms with Crippen molar-refractivity contribution < 1.29 is 4.79 Å². The average Bonchev–Trinajstić information content (AvgIpc) is 3.30. The van der Waals surface area contributed by atoms with Crippen LogP contribution in [0.15, 0.2) is 72.9 Å². The van der Waals surface area contributed by atoms with Crippen molar-refractivity contribution in [3.63, 3.8) is 0 Å². The van der Waals surface area contributed by atoms with Crippen molar-refractivity contribution in [2.75, 3.05) is 25.0 Å². The highest BCUT2D eigenvalue weighted by atomic mass is 16.1. The van der Waals surface area contributed by atoms with Crippen LogP contribution in [0.2, 0.25) is 0 Å². The van der Waals surface area contributed by atoms with E-state index in [1.54, 1.807) is 6.20 Å². The van der Waals surface area contributed by atoms with Gasteiger partial charge in [-0.25, -0.2) is 0 Å². The second-order valence-electron chi connectivity index (χ2n) is 7.43. The van der Waals surface area contributed by atoms with Crippen LogP contribution >= 0.6 is 0 Å². The van der Waals surface area contributed by atoms with Gasteiger partial charge in [-0.15, -0.1) is 0 Å². The van der Waals surface area contributed by atoms with Crippen LogP contribution in [0.4, 0.5) is 5.69 Å². The lowest BCUT2D eigenvalue weighted by Gasteiger charge is -2.30. The largest absolute Gasteiger partial charge is 0.326 e. The van der Waals surface area contributed by atoms with Crippen molar-refractivity contribution >= 4 is 17.7 Å². The molecule has 1 aliphatic rings. The number of carbonyl (C=O) groups is 1. The summed E-state index contributed by atoms with van der Waals surface area (Å²) in [6, 6.07) is 20.1. The first-order chi connectivity index (χ1) is 14.3. The standard InChI is InChI=1S/C24H26N4O/c29-24(26-22-10-4-9-21(18-22)23-11-14-25-27-23)20-12-16-28(17-13-20)15-5-8-19-6-2-1-3-7-19/h1-11,14,18,20H,12-13,15-17H2,(H,25,27)(H,26,29)/b8-5+. The number of anilines is 1. The molecule has 29 heavy (non-hydrogen) atoms. The topological polar surface area (TPSA) is 61.0 Å². The molecule has 1 fully saturated rings. The molecule has 1 saturated heterocycles. The number of likely N-dealkylation sites (tertiary alicyclic amines) is 1. The van der Waals surface area contributed by atoms with Crippen LogP contribution in [0, 0.1) is 5.92 Å². The third-order valence-corrected chi connectivity index (χ3v) is 5.37. The van der Waals surface area contributed by atoms with Gasteiger partial charge in [0.15, 0.2) is 0 Å². The van der Waals surface area contributed by atoms with Crippen LogP contribution in [-0.2, 0) is 4.79 Å². The minimum atomic E-state index is 0.0696. The fourth-order valence-electron chi connectivity index (χ4n) is 3.71. The summed E-state index contributed by atoms with van der Waals surface area (Å²) >= 11 is 0. The van der Waals surface area contributed by atoms with Crippen molar-refractivity contribution in [3.8, 4) is 11.3 Å². The normalized spacial score (nSPS) is 15.6. The van der Waals surface area contributed by atoms with Gasteiger partial charge in [-0.05, 0) is 49.7 Å². The maximum Gasteiger partial charge on any atom is 0.227 e. The Morgan fingerprint density at radius 1 is 1.10 bits per heavy atom. The fraction of sp³-hybridized carbons (Fsp3) is 0.250. The number of carbonyl (C=O) groups excluding carboxylic acids is 1. The van der Waals surface area contributed by atoms with Gasteiger partial charge in [-0.3, -0.25) is 14.8 Å². The summed E-state index contributed by atoms with van der Waals surface area (Å²) in [4.78, 5) is 15.1. The molecule has 0 spiro atoms. The summed E-state index contributed by atoms with van der Waals surface area (Å²) in [5.41, 5.74) is 4.01.